The molecule has 0 spiro atoms. The van der Waals surface area contributed by atoms with Gasteiger partial charge in [0.1, 0.15) is 0 Å². The first-order chi connectivity index (χ1) is 6.08. The van der Waals surface area contributed by atoms with Gasteiger partial charge in [0.05, 0.1) is 0 Å². The normalized spacial score (nSPS) is 20.7. The molecule has 0 unspecified atom stereocenters. The van der Waals surface area contributed by atoms with Gasteiger partial charge in [-0.05, 0) is 12.8 Å². The first-order valence-electron chi connectivity index (χ1n) is 4.46. The van der Waals surface area contributed by atoms with Crippen molar-refractivity contribution in [2.75, 3.05) is 19.3 Å². The van der Waals surface area contributed by atoms with E-state index in [1.165, 1.54) is 37.1 Å². The molecule has 0 aromatic rings. The Kier molecular flexibility index (Phi) is 3.74. The predicted octanol–water partition coefficient (Wildman–Crippen LogP) is 0.493. The summed E-state index contributed by atoms with van der Waals surface area (Å²) in [6, 6.07) is 0. The number of hydrazine groups is 1. The van der Waals surface area contributed by atoms with Crippen LogP contribution in [-0.2, 0) is 9.84 Å². The summed E-state index contributed by atoms with van der Waals surface area (Å²) in [5.41, 5.74) is 2.95. The van der Waals surface area contributed by atoms with Crippen molar-refractivity contribution in [2.24, 2.45) is 0 Å². The highest BCUT2D eigenvalue weighted by molar-refractivity contribution is 7.93. The third kappa shape index (κ3) is 4.90. The van der Waals surface area contributed by atoms with Gasteiger partial charge in [-0.2, -0.15) is 0 Å². The molecule has 1 aliphatic heterocycles. The second kappa shape index (κ2) is 4.62. The molecule has 1 heterocycles. The molecule has 1 fully saturated rings. The maximum absolute atomic E-state index is 10.7. The Hall–Kier alpha value is -0.550. The summed E-state index contributed by atoms with van der Waals surface area (Å²) < 4.78 is 21.5. The largest absolute Gasteiger partial charge is 0.325 e. The van der Waals surface area contributed by atoms with Crippen molar-refractivity contribution in [1.29, 1.82) is 0 Å². The van der Waals surface area contributed by atoms with Crippen molar-refractivity contribution >= 4 is 9.84 Å². The van der Waals surface area contributed by atoms with Crippen LogP contribution in [0.5, 0.6) is 0 Å². The molecule has 1 aliphatic rings. The van der Waals surface area contributed by atoms with Gasteiger partial charge in [0.15, 0.2) is 9.84 Å². The van der Waals surface area contributed by atoms with Crippen molar-refractivity contribution in [3.8, 4) is 0 Å². The topological polar surface area (TPSA) is 49.4 Å². The number of sulfone groups is 1. The predicted molar refractivity (Wildman–Crippen MR) is 52.5 cm³/mol. The molecular formula is C8H16N2O2S. The number of nitrogens with one attached hydrogen (secondary N) is 1. The first kappa shape index (κ1) is 10.5. The molecule has 13 heavy (non-hydrogen) atoms. The number of piperidine rings is 1. The summed E-state index contributed by atoms with van der Waals surface area (Å²) in [5.74, 6) is 0. The molecule has 0 amide bonds. The molecule has 5 heteroatoms. The Morgan fingerprint density at radius 3 is 2.38 bits per heavy atom. The highest BCUT2D eigenvalue weighted by Gasteiger charge is 2.07. The van der Waals surface area contributed by atoms with E-state index in [0.717, 1.165) is 13.1 Å². The molecule has 1 rings (SSSR count). The molecule has 0 aromatic heterocycles. The summed E-state index contributed by atoms with van der Waals surface area (Å²) in [6.45, 7) is 1.99. The van der Waals surface area contributed by atoms with Crippen LogP contribution in [-0.4, -0.2) is 32.8 Å². The van der Waals surface area contributed by atoms with Gasteiger partial charge in [-0.3, -0.25) is 0 Å². The second-order valence-corrected chi connectivity index (χ2v) is 5.24. The number of hydrogen-bond acceptors (Lipinski definition) is 4. The van der Waals surface area contributed by atoms with E-state index in [0.29, 0.717) is 0 Å². The average Bonchev–Trinajstić information content (AvgIpc) is 2.04. The molecule has 4 nitrogen and oxygen atoms in total. The standard InChI is InChI=1S/C8H16N2O2S/c1-13(11,12)8-5-9-10-6-3-2-4-7-10/h5,8-9H,2-4,6-7H2,1H3. The quantitative estimate of drug-likeness (QED) is 0.727. The number of rotatable bonds is 3. The fourth-order valence-corrected chi connectivity index (χ4v) is 1.59. The Morgan fingerprint density at radius 1 is 1.23 bits per heavy atom. The van der Waals surface area contributed by atoms with Crippen LogP contribution in [0, 0.1) is 0 Å². The average molecular weight is 204 g/mol. The van der Waals surface area contributed by atoms with Gasteiger partial charge in [-0.15, -0.1) is 0 Å². The summed E-state index contributed by atoms with van der Waals surface area (Å²) in [6.07, 6.45) is 6.30. The Labute approximate surface area is 79.5 Å². The highest BCUT2D eigenvalue weighted by atomic mass is 32.2. The lowest BCUT2D eigenvalue weighted by Gasteiger charge is -2.25. The van der Waals surface area contributed by atoms with Crippen molar-refractivity contribution in [2.45, 2.75) is 19.3 Å². The molecule has 1 saturated heterocycles. The van der Waals surface area contributed by atoms with Crippen LogP contribution in [0.15, 0.2) is 11.6 Å². The SMILES string of the molecule is CS(=O)(=O)C=CNN1CCCCC1. The molecule has 76 valence electrons. The highest BCUT2D eigenvalue weighted by Crippen LogP contribution is 2.05. The third-order valence-electron chi connectivity index (χ3n) is 1.93. The fraction of sp³-hybridized carbons (Fsp3) is 0.750. The summed E-state index contributed by atoms with van der Waals surface area (Å²) in [4.78, 5) is 0. The van der Waals surface area contributed by atoms with Gasteiger partial charge in [0, 0.05) is 31.0 Å². The number of nitrogens with zero attached hydrogens (tertiary/aromatic N) is 1. The molecule has 0 aliphatic carbocycles. The minimum atomic E-state index is -2.99. The van der Waals surface area contributed by atoms with Crippen LogP contribution in [0.4, 0.5) is 0 Å². The maximum Gasteiger partial charge on any atom is 0.170 e. The lowest BCUT2D eigenvalue weighted by atomic mass is 10.2. The molecule has 0 atom stereocenters. The van der Waals surface area contributed by atoms with Crippen LogP contribution in [0.2, 0.25) is 0 Å². The van der Waals surface area contributed by atoms with Gasteiger partial charge >= 0.3 is 0 Å². The maximum atomic E-state index is 10.7. The van der Waals surface area contributed by atoms with Gasteiger partial charge in [0.25, 0.3) is 0 Å². The molecule has 0 radical (unpaired) electrons. The van der Waals surface area contributed by atoms with E-state index < -0.39 is 9.84 Å². The van der Waals surface area contributed by atoms with E-state index in [2.05, 4.69) is 5.43 Å². The Morgan fingerprint density at radius 2 is 1.85 bits per heavy atom. The van der Waals surface area contributed by atoms with E-state index in [1.54, 1.807) is 0 Å². The smallest absolute Gasteiger partial charge is 0.170 e. The molecule has 1 N–H and O–H groups in total. The first-order valence-corrected chi connectivity index (χ1v) is 6.41. The molecular weight excluding hydrogens is 188 g/mol. The van der Waals surface area contributed by atoms with E-state index in [-0.39, 0.29) is 0 Å². The van der Waals surface area contributed by atoms with Gasteiger partial charge in [-0.25, -0.2) is 13.4 Å². The molecule has 0 bridgehead atoms. The van der Waals surface area contributed by atoms with Crippen LogP contribution in [0.3, 0.4) is 0 Å². The Balaban J connectivity index is 2.29. The van der Waals surface area contributed by atoms with Crippen molar-refractivity contribution < 1.29 is 8.42 Å². The lowest BCUT2D eigenvalue weighted by Crippen LogP contribution is -2.38. The Bertz CT molecular complexity index is 266. The van der Waals surface area contributed by atoms with Gasteiger partial charge in [-0.1, -0.05) is 6.42 Å². The summed E-state index contributed by atoms with van der Waals surface area (Å²) in [5, 5.41) is 3.22. The van der Waals surface area contributed by atoms with Gasteiger partial charge in [0.2, 0.25) is 0 Å². The van der Waals surface area contributed by atoms with Crippen LogP contribution >= 0.6 is 0 Å². The van der Waals surface area contributed by atoms with Crippen molar-refractivity contribution in [3.63, 3.8) is 0 Å². The zero-order chi connectivity index (χ0) is 9.73. The molecule has 0 saturated carbocycles. The summed E-state index contributed by atoms with van der Waals surface area (Å²) in [7, 11) is -2.99. The monoisotopic (exact) mass is 204 g/mol. The van der Waals surface area contributed by atoms with E-state index in [1.807, 2.05) is 5.01 Å². The fourth-order valence-electron chi connectivity index (χ4n) is 1.28. The van der Waals surface area contributed by atoms with Crippen LogP contribution in [0.1, 0.15) is 19.3 Å². The second-order valence-electron chi connectivity index (χ2n) is 3.31. The van der Waals surface area contributed by atoms with E-state index >= 15 is 0 Å². The zero-order valence-corrected chi connectivity index (χ0v) is 8.68. The zero-order valence-electron chi connectivity index (χ0n) is 7.86. The van der Waals surface area contributed by atoms with E-state index in [9.17, 15) is 8.42 Å². The lowest BCUT2D eigenvalue weighted by molar-refractivity contribution is 0.183. The van der Waals surface area contributed by atoms with Crippen LogP contribution in [0.25, 0.3) is 0 Å². The van der Waals surface area contributed by atoms with Crippen molar-refractivity contribution in [1.82, 2.24) is 10.4 Å². The van der Waals surface area contributed by atoms with Gasteiger partial charge < -0.3 is 5.43 Å². The van der Waals surface area contributed by atoms with Crippen molar-refractivity contribution in [3.05, 3.63) is 11.6 Å². The molecule has 0 aromatic carbocycles. The van der Waals surface area contributed by atoms with Crippen LogP contribution < -0.4 is 5.43 Å². The minimum Gasteiger partial charge on any atom is -0.325 e. The number of hydrogen-bond donors (Lipinski definition) is 1. The minimum absolute atomic E-state index is 0.994. The van der Waals surface area contributed by atoms with E-state index in [4.69, 9.17) is 0 Å². The third-order valence-corrected chi connectivity index (χ3v) is 2.56. The summed E-state index contributed by atoms with van der Waals surface area (Å²) >= 11 is 0.